The van der Waals surface area contributed by atoms with Crippen molar-refractivity contribution in [3.8, 4) is 0 Å². The normalized spacial score (nSPS) is 15.5. The van der Waals surface area contributed by atoms with Gasteiger partial charge in [0.25, 0.3) is 0 Å². The Balaban J connectivity index is 2.69. The van der Waals surface area contributed by atoms with Gasteiger partial charge in [-0.2, -0.15) is 0 Å². The van der Waals surface area contributed by atoms with E-state index in [1.165, 1.54) is 0 Å². The number of Topliss-reactive ketones (excluding diaryl/α,β-unsaturated/α-hetero) is 1. The predicted molar refractivity (Wildman–Crippen MR) is 63.8 cm³/mol. The van der Waals surface area contributed by atoms with Crippen LogP contribution >= 0.6 is 50.9 Å². The fraction of sp³-hybridized carbons (Fsp3) is 0.222. The average Bonchev–Trinajstić information content (AvgIpc) is 2.17. The van der Waals surface area contributed by atoms with E-state index in [9.17, 15) is 4.79 Å². The molecule has 74 valence electrons. The van der Waals surface area contributed by atoms with Crippen LogP contribution in [0.5, 0.6) is 0 Å². The molecule has 0 saturated heterocycles. The van der Waals surface area contributed by atoms with Crippen LogP contribution in [0, 0.1) is 0 Å². The van der Waals surface area contributed by atoms with Gasteiger partial charge in [0.1, 0.15) is 0 Å². The van der Waals surface area contributed by atoms with Gasteiger partial charge in [0.2, 0.25) is 0 Å². The Morgan fingerprint density at radius 1 is 1.36 bits per heavy atom. The summed E-state index contributed by atoms with van der Waals surface area (Å²) in [7, 11) is 0. The van der Waals surface area contributed by atoms with E-state index in [0.717, 1.165) is 10.6 Å². The summed E-state index contributed by atoms with van der Waals surface area (Å²) >= 11 is 16.9. The molecule has 0 radical (unpaired) electrons. The van der Waals surface area contributed by atoms with Crippen molar-refractivity contribution in [2.75, 3.05) is 5.75 Å². The predicted octanol–water partition coefficient (Wildman–Crippen LogP) is 4.43. The lowest BCUT2D eigenvalue weighted by Crippen LogP contribution is -2.08. The molecule has 1 heterocycles. The molecule has 0 fully saturated rings. The molecule has 0 unspecified atom stereocenters. The summed E-state index contributed by atoms with van der Waals surface area (Å²) in [5.74, 6) is 0.918. The first-order valence-corrected chi connectivity index (χ1v) is 6.48. The van der Waals surface area contributed by atoms with E-state index in [4.69, 9.17) is 23.2 Å². The topological polar surface area (TPSA) is 17.1 Å². The molecular formula is C9H5BrCl2OS. The molecule has 1 aliphatic heterocycles. The minimum absolute atomic E-state index is 0.137. The van der Waals surface area contributed by atoms with Crippen molar-refractivity contribution in [1.29, 1.82) is 0 Å². The third-order valence-electron chi connectivity index (χ3n) is 1.99. The number of fused-ring (bicyclic) bond motifs is 1. The molecule has 5 heteroatoms. The lowest BCUT2D eigenvalue weighted by Gasteiger charge is -2.16. The number of hydrogen-bond acceptors (Lipinski definition) is 2. The van der Waals surface area contributed by atoms with E-state index < -0.39 is 0 Å². The lowest BCUT2D eigenvalue weighted by atomic mass is 10.1. The molecule has 1 nitrogen and oxygen atoms in total. The number of carbonyl (C=O) groups is 1. The Morgan fingerprint density at radius 3 is 2.79 bits per heavy atom. The second-order valence-electron chi connectivity index (χ2n) is 2.88. The summed E-state index contributed by atoms with van der Waals surface area (Å²) in [6.07, 6.45) is 0.571. The zero-order valence-electron chi connectivity index (χ0n) is 6.94. The Kier molecular flexibility index (Phi) is 3.12. The first kappa shape index (κ1) is 10.8. The van der Waals surface area contributed by atoms with Gasteiger partial charge in [0.05, 0.1) is 10.0 Å². The van der Waals surface area contributed by atoms with Crippen LogP contribution in [-0.4, -0.2) is 11.5 Å². The molecule has 0 atom stereocenters. The molecule has 1 aliphatic rings. The molecule has 14 heavy (non-hydrogen) atoms. The first-order valence-electron chi connectivity index (χ1n) is 3.94. The summed E-state index contributed by atoms with van der Waals surface area (Å²) in [4.78, 5) is 12.4. The standard InChI is InChI=1S/C9H5BrCl2OS/c10-5-3-4-6(13)1-2-14-9(4)8(12)7(5)11/h3H,1-2H2. The molecule has 0 bridgehead atoms. The number of rotatable bonds is 0. The number of thioether (sulfide) groups is 1. The van der Waals surface area contributed by atoms with Gasteiger partial charge in [-0.25, -0.2) is 0 Å². The summed E-state index contributed by atoms with van der Waals surface area (Å²) in [5.41, 5.74) is 0.683. The van der Waals surface area contributed by atoms with Crippen LogP contribution in [-0.2, 0) is 0 Å². The SMILES string of the molecule is O=C1CCSc2c1cc(Br)c(Cl)c2Cl. The van der Waals surface area contributed by atoms with E-state index >= 15 is 0 Å². The molecule has 0 N–H and O–H groups in total. The van der Waals surface area contributed by atoms with Crippen LogP contribution < -0.4 is 0 Å². The first-order chi connectivity index (χ1) is 6.61. The third-order valence-corrected chi connectivity index (χ3v) is 4.95. The van der Waals surface area contributed by atoms with Crippen molar-refractivity contribution in [3.05, 3.63) is 26.1 Å². The quantitative estimate of drug-likeness (QED) is 0.659. The van der Waals surface area contributed by atoms with Crippen molar-refractivity contribution in [1.82, 2.24) is 0 Å². The fourth-order valence-corrected chi connectivity index (χ4v) is 3.47. The van der Waals surface area contributed by atoms with Gasteiger partial charge < -0.3 is 0 Å². The van der Waals surface area contributed by atoms with Crippen molar-refractivity contribution in [2.24, 2.45) is 0 Å². The molecule has 0 spiro atoms. The van der Waals surface area contributed by atoms with Crippen LogP contribution in [0.3, 0.4) is 0 Å². The van der Waals surface area contributed by atoms with Crippen LogP contribution in [0.15, 0.2) is 15.4 Å². The highest BCUT2D eigenvalue weighted by Crippen LogP contribution is 2.43. The highest BCUT2D eigenvalue weighted by molar-refractivity contribution is 9.10. The van der Waals surface area contributed by atoms with Gasteiger partial charge in [0, 0.05) is 27.1 Å². The zero-order valence-corrected chi connectivity index (χ0v) is 10.9. The number of hydrogen-bond donors (Lipinski definition) is 0. The summed E-state index contributed by atoms with van der Waals surface area (Å²) in [5, 5.41) is 0.960. The number of ketones is 1. The minimum atomic E-state index is 0.137. The van der Waals surface area contributed by atoms with Crippen molar-refractivity contribution in [3.63, 3.8) is 0 Å². The van der Waals surface area contributed by atoms with Gasteiger partial charge in [-0.15, -0.1) is 11.8 Å². The maximum atomic E-state index is 11.6. The largest absolute Gasteiger partial charge is 0.294 e. The molecule has 1 aromatic carbocycles. The summed E-state index contributed by atoms with van der Waals surface area (Å²) in [6, 6.07) is 1.75. The third kappa shape index (κ3) is 1.71. The number of carbonyl (C=O) groups excluding carboxylic acids is 1. The smallest absolute Gasteiger partial charge is 0.164 e. The van der Waals surface area contributed by atoms with E-state index in [0.29, 0.717) is 26.5 Å². The van der Waals surface area contributed by atoms with Crippen LogP contribution in [0.1, 0.15) is 16.8 Å². The van der Waals surface area contributed by atoms with Crippen molar-refractivity contribution < 1.29 is 4.79 Å². The lowest BCUT2D eigenvalue weighted by molar-refractivity contribution is 0.0984. The van der Waals surface area contributed by atoms with Gasteiger partial charge in [-0.3, -0.25) is 4.79 Å². The Bertz CT molecular complexity index is 420. The van der Waals surface area contributed by atoms with E-state index in [-0.39, 0.29) is 5.78 Å². The average molecular weight is 312 g/mol. The maximum absolute atomic E-state index is 11.6. The van der Waals surface area contributed by atoms with Crippen LogP contribution in [0.4, 0.5) is 0 Å². The zero-order chi connectivity index (χ0) is 10.3. The summed E-state index contributed by atoms with van der Waals surface area (Å²) in [6.45, 7) is 0. The number of halogens is 3. The molecule has 0 amide bonds. The Hall–Kier alpha value is 0.300. The van der Waals surface area contributed by atoms with Gasteiger partial charge in [-0.05, 0) is 22.0 Å². The maximum Gasteiger partial charge on any atom is 0.164 e. The van der Waals surface area contributed by atoms with Crippen molar-refractivity contribution >= 4 is 56.7 Å². The molecule has 0 aromatic heterocycles. The minimum Gasteiger partial charge on any atom is -0.294 e. The second-order valence-corrected chi connectivity index (χ2v) is 5.60. The van der Waals surface area contributed by atoms with E-state index in [1.54, 1.807) is 17.8 Å². The molecule has 1 aromatic rings. The second kappa shape index (κ2) is 4.05. The van der Waals surface area contributed by atoms with Gasteiger partial charge >= 0.3 is 0 Å². The van der Waals surface area contributed by atoms with E-state index in [2.05, 4.69) is 15.9 Å². The Morgan fingerprint density at radius 2 is 2.07 bits per heavy atom. The molecule has 2 rings (SSSR count). The highest BCUT2D eigenvalue weighted by Gasteiger charge is 2.23. The Labute approximate surface area is 104 Å². The van der Waals surface area contributed by atoms with E-state index in [1.807, 2.05) is 0 Å². The van der Waals surface area contributed by atoms with Gasteiger partial charge in [-0.1, -0.05) is 23.2 Å². The number of benzene rings is 1. The van der Waals surface area contributed by atoms with Crippen LogP contribution in [0.25, 0.3) is 0 Å². The molecule has 0 saturated carbocycles. The van der Waals surface area contributed by atoms with Crippen molar-refractivity contribution in [2.45, 2.75) is 11.3 Å². The molecule has 0 aliphatic carbocycles. The highest BCUT2D eigenvalue weighted by atomic mass is 79.9. The van der Waals surface area contributed by atoms with Gasteiger partial charge in [0.15, 0.2) is 5.78 Å². The molecular weight excluding hydrogens is 307 g/mol. The fourth-order valence-electron chi connectivity index (χ4n) is 1.31. The summed E-state index contributed by atoms with van der Waals surface area (Å²) < 4.78 is 0.679. The monoisotopic (exact) mass is 310 g/mol. The van der Waals surface area contributed by atoms with Crippen LogP contribution in [0.2, 0.25) is 10.0 Å².